The number of rotatable bonds is 5. The molecule has 0 unspecified atom stereocenters. The van der Waals surface area contributed by atoms with Gasteiger partial charge in [-0.25, -0.2) is 4.79 Å². The Morgan fingerprint density at radius 3 is 2.17 bits per heavy atom. The third kappa shape index (κ3) is 2.95. The molecule has 2 aromatic rings. The molecule has 0 bridgehead atoms. The molecule has 0 aliphatic carbocycles. The quantitative estimate of drug-likeness (QED) is 0.790. The van der Waals surface area contributed by atoms with Crippen LogP contribution in [0, 0.1) is 0 Å². The van der Waals surface area contributed by atoms with E-state index < -0.39 is 5.60 Å². The number of Topliss-reactive ketones (excluding diaryl/α,β-unsaturated/α-hetero) is 1. The number of carbonyl (C=O) groups is 2. The van der Waals surface area contributed by atoms with Crippen molar-refractivity contribution in [1.29, 1.82) is 0 Å². The van der Waals surface area contributed by atoms with Crippen LogP contribution in [0.3, 0.4) is 0 Å². The zero-order valence-corrected chi connectivity index (χ0v) is 12.9. The van der Waals surface area contributed by atoms with E-state index in [4.69, 9.17) is 4.74 Å². The van der Waals surface area contributed by atoms with E-state index in [1.165, 1.54) is 6.08 Å². The Labute approximate surface area is 135 Å². The number of hydrogen-bond donors (Lipinski definition) is 0. The standard InChI is InChI=1S/C20H18O3/c1-15(21)14-18(16-8-4-2-5-9-16)20(13-12-19(22)23-20)17-10-6-3-7-11-17/h2-13,18H,14H2,1H3/t18-,20+/m0/s1. The highest BCUT2D eigenvalue weighted by atomic mass is 16.6. The van der Waals surface area contributed by atoms with Gasteiger partial charge in [-0.15, -0.1) is 0 Å². The van der Waals surface area contributed by atoms with Crippen LogP contribution in [-0.2, 0) is 19.9 Å². The maximum absolute atomic E-state index is 11.9. The molecule has 0 amide bonds. The molecule has 3 rings (SSSR count). The number of ketones is 1. The lowest BCUT2D eigenvalue weighted by Crippen LogP contribution is -2.34. The third-order valence-corrected chi connectivity index (χ3v) is 4.17. The molecule has 0 saturated carbocycles. The van der Waals surface area contributed by atoms with Crippen molar-refractivity contribution in [2.45, 2.75) is 24.9 Å². The van der Waals surface area contributed by atoms with Crippen molar-refractivity contribution in [2.24, 2.45) is 0 Å². The molecule has 3 heteroatoms. The summed E-state index contributed by atoms with van der Waals surface area (Å²) in [6.45, 7) is 1.56. The molecule has 1 heterocycles. The monoisotopic (exact) mass is 306 g/mol. The summed E-state index contributed by atoms with van der Waals surface area (Å²) < 4.78 is 5.75. The van der Waals surface area contributed by atoms with Crippen LogP contribution in [0.25, 0.3) is 0 Å². The highest BCUT2D eigenvalue weighted by molar-refractivity contribution is 5.86. The minimum atomic E-state index is -0.939. The Balaban J connectivity index is 2.15. The normalized spacial score (nSPS) is 21.0. The highest BCUT2D eigenvalue weighted by Crippen LogP contribution is 2.46. The van der Waals surface area contributed by atoms with Gasteiger partial charge >= 0.3 is 5.97 Å². The molecule has 0 radical (unpaired) electrons. The maximum Gasteiger partial charge on any atom is 0.331 e. The molecule has 1 aliphatic rings. The molecule has 2 atom stereocenters. The second-order valence-electron chi connectivity index (χ2n) is 5.78. The first kappa shape index (κ1) is 15.2. The summed E-state index contributed by atoms with van der Waals surface area (Å²) in [5.74, 6) is -0.574. The van der Waals surface area contributed by atoms with Crippen LogP contribution < -0.4 is 0 Å². The summed E-state index contributed by atoms with van der Waals surface area (Å²) in [5, 5.41) is 0. The average Bonchev–Trinajstić information content (AvgIpc) is 2.97. The van der Waals surface area contributed by atoms with Gasteiger partial charge in [0, 0.05) is 24.0 Å². The summed E-state index contributed by atoms with van der Waals surface area (Å²) >= 11 is 0. The van der Waals surface area contributed by atoms with E-state index in [9.17, 15) is 9.59 Å². The average molecular weight is 306 g/mol. The lowest BCUT2D eigenvalue weighted by atomic mass is 9.75. The van der Waals surface area contributed by atoms with Crippen molar-refractivity contribution in [1.82, 2.24) is 0 Å². The van der Waals surface area contributed by atoms with Crippen molar-refractivity contribution < 1.29 is 14.3 Å². The maximum atomic E-state index is 11.9. The molecule has 1 aliphatic heterocycles. The fourth-order valence-corrected chi connectivity index (χ4v) is 3.16. The zero-order valence-electron chi connectivity index (χ0n) is 12.9. The first-order chi connectivity index (χ1) is 11.1. The number of carbonyl (C=O) groups excluding carboxylic acids is 2. The van der Waals surface area contributed by atoms with E-state index in [0.29, 0.717) is 6.42 Å². The number of cyclic esters (lactones) is 1. The summed E-state index contributed by atoms with van der Waals surface area (Å²) in [6, 6.07) is 19.3. The van der Waals surface area contributed by atoms with Gasteiger partial charge in [0.05, 0.1) is 0 Å². The van der Waals surface area contributed by atoms with Crippen molar-refractivity contribution in [3.63, 3.8) is 0 Å². The second-order valence-corrected chi connectivity index (χ2v) is 5.78. The fraction of sp³-hybridized carbons (Fsp3) is 0.200. The van der Waals surface area contributed by atoms with Crippen molar-refractivity contribution in [3.05, 3.63) is 83.9 Å². The van der Waals surface area contributed by atoms with Gasteiger partial charge in [0.15, 0.2) is 5.60 Å². The molecule has 0 spiro atoms. The smallest absolute Gasteiger partial charge is 0.331 e. The largest absolute Gasteiger partial charge is 0.446 e. The van der Waals surface area contributed by atoms with Crippen LogP contribution in [0.5, 0.6) is 0 Å². The van der Waals surface area contributed by atoms with Crippen molar-refractivity contribution >= 4 is 11.8 Å². The van der Waals surface area contributed by atoms with E-state index in [0.717, 1.165) is 11.1 Å². The molecule has 0 N–H and O–H groups in total. The molecule has 23 heavy (non-hydrogen) atoms. The van der Waals surface area contributed by atoms with Crippen molar-refractivity contribution in [2.75, 3.05) is 0 Å². The summed E-state index contributed by atoms with van der Waals surface area (Å²) in [7, 11) is 0. The first-order valence-electron chi connectivity index (χ1n) is 7.64. The minimum absolute atomic E-state index is 0.0607. The highest BCUT2D eigenvalue weighted by Gasteiger charge is 2.46. The lowest BCUT2D eigenvalue weighted by Gasteiger charge is -2.35. The van der Waals surface area contributed by atoms with Gasteiger partial charge in [-0.2, -0.15) is 0 Å². The molecular weight excluding hydrogens is 288 g/mol. The molecule has 0 aromatic heterocycles. The Bertz CT molecular complexity index is 734. The minimum Gasteiger partial charge on any atom is -0.446 e. The SMILES string of the molecule is CC(=O)C[C@@H](c1ccccc1)[C@]1(c2ccccc2)C=CC(=O)O1. The van der Waals surface area contributed by atoms with Gasteiger partial charge in [-0.1, -0.05) is 60.7 Å². The van der Waals surface area contributed by atoms with E-state index in [1.807, 2.05) is 60.7 Å². The Morgan fingerprint density at radius 1 is 1.04 bits per heavy atom. The molecule has 0 saturated heterocycles. The number of ether oxygens (including phenoxy) is 1. The molecule has 3 nitrogen and oxygen atoms in total. The van der Waals surface area contributed by atoms with Gasteiger partial charge in [0.1, 0.15) is 5.78 Å². The molecule has 116 valence electrons. The Hall–Kier alpha value is -2.68. The van der Waals surface area contributed by atoms with E-state index in [-0.39, 0.29) is 17.7 Å². The first-order valence-corrected chi connectivity index (χ1v) is 7.64. The topological polar surface area (TPSA) is 43.4 Å². The van der Waals surface area contributed by atoms with Crippen LogP contribution in [0.15, 0.2) is 72.8 Å². The van der Waals surface area contributed by atoms with Crippen LogP contribution in [0.1, 0.15) is 30.4 Å². The van der Waals surface area contributed by atoms with Gasteiger partial charge < -0.3 is 9.53 Å². The van der Waals surface area contributed by atoms with Crippen LogP contribution in [-0.4, -0.2) is 11.8 Å². The van der Waals surface area contributed by atoms with Gasteiger partial charge in [-0.05, 0) is 18.6 Å². The van der Waals surface area contributed by atoms with E-state index in [1.54, 1.807) is 13.0 Å². The van der Waals surface area contributed by atoms with E-state index in [2.05, 4.69) is 0 Å². The zero-order chi connectivity index (χ0) is 16.3. The predicted molar refractivity (Wildman–Crippen MR) is 87.8 cm³/mol. The summed E-state index contributed by atoms with van der Waals surface area (Å²) in [6.07, 6.45) is 3.53. The van der Waals surface area contributed by atoms with Gasteiger partial charge in [0.2, 0.25) is 0 Å². The van der Waals surface area contributed by atoms with Crippen LogP contribution in [0.4, 0.5) is 0 Å². The second kappa shape index (κ2) is 6.21. The number of esters is 1. The lowest BCUT2D eigenvalue weighted by molar-refractivity contribution is -0.149. The predicted octanol–water partition coefficient (Wildman–Crippen LogP) is 3.76. The van der Waals surface area contributed by atoms with Crippen molar-refractivity contribution in [3.8, 4) is 0 Å². The fourth-order valence-electron chi connectivity index (χ4n) is 3.16. The van der Waals surface area contributed by atoms with Gasteiger partial charge in [-0.3, -0.25) is 0 Å². The molecule has 2 aromatic carbocycles. The number of hydrogen-bond acceptors (Lipinski definition) is 3. The Morgan fingerprint density at radius 2 is 1.65 bits per heavy atom. The van der Waals surface area contributed by atoms with E-state index >= 15 is 0 Å². The number of benzene rings is 2. The third-order valence-electron chi connectivity index (χ3n) is 4.17. The Kier molecular flexibility index (Phi) is 4.11. The van der Waals surface area contributed by atoms with Crippen LogP contribution >= 0.6 is 0 Å². The van der Waals surface area contributed by atoms with Crippen LogP contribution in [0.2, 0.25) is 0 Å². The van der Waals surface area contributed by atoms with Gasteiger partial charge in [0.25, 0.3) is 0 Å². The molecular formula is C20H18O3. The summed E-state index contributed by atoms with van der Waals surface area (Å²) in [4.78, 5) is 23.7. The molecule has 0 fully saturated rings. The summed E-state index contributed by atoms with van der Waals surface area (Å²) in [5.41, 5.74) is 0.911.